The van der Waals surface area contributed by atoms with E-state index in [4.69, 9.17) is 5.11 Å². The monoisotopic (exact) mass is 224 g/mol. The van der Waals surface area contributed by atoms with Crippen LogP contribution in [0, 0.1) is 11.8 Å². The molecule has 16 heavy (non-hydrogen) atoms. The number of allylic oxidation sites excluding steroid dienone is 2. The Bertz CT molecular complexity index is 245. The second-order valence-electron chi connectivity index (χ2n) is 5.32. The molecule has 1 aliphatic carbocycles. The van der Waals surface area contributed by atoms with E-state index < -0.39 is 5.97 Å². The van der Waals surface area contributed by atoms with Crippen molar-refractivity contribution in [1.82, 2.24) is 0 Å². The molecule has 0 aromatic heterocycles. The summed E-state index contributed by atoms with van der Waals surface area (Å²) in [5.74, 6) is -0.360. The molecule has 1 N–H and O–H groups in total. The summed E-state index contributed by atoms with van der Waals surface area (Å²) >= 11 is 0. The van der Waals surface area contributed by atoms with Crippen LogP contribution in [0.3, 0.4) is 0 Å². The van der Waals surface area contributed by atoms with Gasteiger partial charge in [-0.1, -0.05) is 31.9 Å². The number of carboxylic acid groups (broad SMARTS) is 1. The van der Waals surface area contributed by atoms with Crippen LogP contribution >= 0.6 is 0 Å². The Morgan fingerprint density at radius 2 is 1.94 bits per heavy atom. The number of rotatable bonds is 5. The molecule has 0 radical (unpaired) electrons. The molecule has 0 saturated heterocycles. The maximum Gasteiger partial charge on any atom is 0.306 e. The van der Waals surface area contributed by atoms with E-state index in [9.17, 15) is 4.79 Å². The van der Waals surface area contributed by atoms with Crippen molar-refractivity contribution in [1.29, 1.82) is 0 Å². The lowest BCUT2D eigenvalue weighted by Gasteiger charge is -2.16. The van der Waals surface area contributed by atoms with Crippen molar-refractivity contribution in [3.63, 3.8) is 0 Å². The van der Waals surface area contributed by atoms with Gasteiger partial charge in [-0.3, -0.25) is 4.79 Å². The summed E-state index contributed by atoms with van der Waals surface area (Å²) in [4.78, 5) is 11.1. The van der Waals surface area contributed by atoms with Gasteiger partial charge in [-0.25, -0.2) is 0 Å². The molecule has 0 aromatic rings. The van der Waals surface area contributed by atoms with Gasteiger partial charge in [0, 0.05) is 0 Å². The standard InChI is InChI=1S/C14H24O2/c1-11(2)10-13(14(15)16)9-8-12-6-4-3-5-7-12/h8,11,13H,3-7,9-10H2,1-2H3,(H,15,16). The first-order valence-corrected chi connectivity index (χ1v) is 6.50. The molecule has 0 aromatic carbocycles. The van der Waals surface area contributed by atoms with Crippen LogP contribution in [0.4, 0.5) is 0 Å². The van der Waals surface area contributed by atoms with Gasteiger partial charge in [-0.05, 0) is 44.4 Å². The fourth-order valence-electron chi connectivity index (χ4n) is 2.39. The van der Waals surface area contributed by atoms with Crippen molar-refractivity contribution in [3.05, 3.63) is 11.6 Å². The number of carboxylic acids is 1. The van der Waals surface area contributed by atoms with Crippen molar-refractivity contribution in [2.45, 2.75) is 58.8 Å². The number of hydrogen-bond donors (Lipinski definition) is 1. The van der Waals surface area contributed by atoms with E-state index in [1.54, 1.807) is 0 Å². The predicted octanol–water partition coefficient (Wildman–Crippen LogP) is 4.01. The summed E-state index contributed by atoms with van der Waals surface area (Å²) < 4.78 is 0. The average molecular weight is 224 g/mol. The maximum absolute atomic E-state index is 11.1. The van der Waals surface area contributed by atoms with Crippen LogP contribution in [0.2, 0.25) is 0 Å². The molecule has 0 spiro atoms. The highest BCUT2D eigenvalue weighted by atomic mass is 16.4. The minimum absolute atomic E-state index is 0.186. The molecule has 1 fully saturated rings. The Balaban J connectivity index is 2.44. The lowest BCUT2D eigenvalue weighted by Crippen LogP contribution is -2.15. The molecule has 2 nitrogen and oxygen atoms in total. The second-order valence-corrected chi connectivity index (χ2v) is 5.32. The van der Waals surface area contributed by atoms with Gasteiger partial charge in [0.2, 0.25) is 0 Å². The van der Waals surface area contributed by atoms with E-state index in [-0.39, 0.29) is 5.92 Å². The lowest BCUT2D eigenvalue weighted by atomic mass is 9.90. The molecule has 0 heterocycles. The Kier molecular flexibility index (Phi) is 5.58. The zero-order valence-corrected chi connectivity index (χ0v) is 10.5. The van der Waals surface area contributed by atoms with Crippen LogP contribution < -0.4 is 0 Å². The third kappa shape index (κ3) is 4.82. The summed E-state index contributed by atoms with van der Waals surface area (Å²) in [5, 5.41) is 9.12. The van der Waals surface area contributed by atoms with E-state index in [0.29, 0.717) is 5.92 Å². The fourth-order valence-corrected chi connectivity index (χ4v) is 2.39. The van der Waals surface area contributed by atoms with Crippen LogP contribution in [-0.2, 0) is 4.79 Å². The summed E-state index contributed by atoms with van der Waals surface area (Å²) in [6.07, 6.45) is 10.00. The van der Waals surface area contributed by atoms with Gasteiger partial charge in [-0.15, -0.1) is 0 Å². The predicted molar refractivity (Wildman–Crippen MR) is 66.4 cm³/mol. The average Bonchev–Trinajstić information content (AvgIpc) is 2.25. The van der Waals surface area contributed by atoms with Crippen molar-refractivity contribution < 1.29 is 9.90 Å². The van der Waals surface area contributed by atoms with Crippen LogP contribution in [0.15, 0.2) is 11.6 Å². The van der Waals surface area contributed by atoms with Crippen molar-refractivity contribution >= 4 is 5.97 Å². The van der Waals surface area contributed by atoms with Crippen LogP contribution in [0.25, 0.3) is 0 Å². The summed E-state index contributed by atoms with van der Waals surface area (Å²) in [7, 11) is 0. The quantitative estimate of drug-likeness (QED) is 0.716. The molecule has 1 rings (SSSR count). The fraction of sp³-hybridized carbons (Fsp3) is 0.786. The zero-order valence-electron chi connectivity index (χ0n) is 10.5. The molecule has 0 aliphatic heterocycles. The zero-order chi connectivity index (χ0) is 12.0. The first kappa shape index (κ1) is 13.3. The van der Waals surface area contributed by atoms with E-state index in [0.717, 1.165) is 12.8 Å². The minimum atomic E-state index is -0.638. The molecule has 92 valence electrons. The van der Waals surface area contributed by atoms with Gasteiger partial charge < -0.3 is 5.11 Å². The van der Waals surface area contributed by atoms with Crippen molar-refractivity contribution in [2.75, 3.05) is 0 Å². The molecule has 1 saturated carbocycles. The SMILES string of the molecule is CC(C)CC(CC=C1CCCCC1)C(=O)O. The van der Waals surface area contributed by atoms with Crippen molar-refractivity contribution in [2.24, 2.45) is 11.8 Å². The molecule has 1 atom stereocenters. The highest BCUT2D eigenvalue weighted by molar-refractivity contribution is 5.70. The Morgan fingerprint density at radius 3 is 2.44 bits per heavy atom. The molecular formula is C14H24O2. The Hall–Kier alpha value is -0.790. The van der Waals surface area contributed by atoms with Gasteiger partial charge in [0.1, 0.15) is 0 Å². The molecule has 0 bridgehead atoms. The second kappa shape index (κ2) is 6.72. The molecule has 0 amide bonds. The molecule has 2 heteroatoms. The summed E-state index contributed by atoms with van der Waals surface area (Å²) in [6.45, 7) is 4.17. The van der Waals surface area contributed by atoms with E-state index in [1.807, 2.05) is 0 Å². The Labute approximate surface area is 98.7 Å². The normalized spacial score (nSPS) is 18.6. The molecule has 1 unspecified atom stereocenters. The van der Waals surface area contributed by atoms with E-state index >= 15 is 0 Å². The van der Waals surface area contributed by atoms with E-state index in [2.05, 4.69) is 19.9 Å². The summed E-state index contributed by atoms with van der Waals surface area (Å²) in [6, 6.07) is 0. The van der Waals surface area contributed by atoms with Gasteiger partial charge in [0.05, 0.1) is 5.92 Å². The van der Waals surface area contributed by atoms with Crippen molar-refractivity contribution in [3.8, 4) is 0 Å². The Morgan fingerprint density at radius 1 is 1.31 bits per heavy atom. The largest absolute Gasteiger partial charge is 0.481 e. The van der Waals surface area contributed by atoms with Gasteiger partial charge >= 0.3 is 5.97 Å². The van der Waals surface area contributed by atoms with Gasteiger partial charge in [-0.2, -0.15) is 0 Å². The van der Waals surface area contributed by atoms with E-state index in [1.165, 1.54) is 37.7 Å². The number of carbonyl (C=O) groups is 1. The first-order valence-electron chi connectivity index (χ1n) is 6.50. The number of hydrogen-bond acceptors (Lipinski definition) is 1. The highest BCUT2D eigenvalue weighted by Crippen LogP contribution is 2.25. The summed E-state index contributed by atoms with van der Waals surface area (Å²) in [5.41, 5.74) is 1.49. The number of aliphatic carboxylic acids is 1. The first-order chi connectivity index (χ1) is 7.59. The minimum Gasteiger partial charge on any atom is -0.481 e. The third-order valence-electron chi connectivity index (χ3n) is 3.29. The third-order valence-corrected chi connectivity index (χ3v) is 3.29. The van der Waals surface area contributed by atoms with Crippen LogP contribution in [0.1, 0.15) is 58.8 Å². The molecule has 1 aliphatic rings. The lowest BCUT2D eigenvalue weighted by molar-refractivity contribution is -0.142. The van der Waals surface area contributed by atoms with Gasteiger partial charge in [0.15, 0.2) is 0 Å². The maximum atomic E-state index is 11.1. The smallest absolute Gasteiger partial charge is 0.306 e. The molecular weight excluding hydrogens is 200 g/mol. The van der Waals surface area contributed by atoms with Gasteiger partial charge in [0.25, 0.3) is 0 Å². The van der Waals surface area contributed by atoms with Crippen LogP contribution in [-0.4, -0.2) is 11.1 Å². The highest BCUT2D eigenvalue weighted by Gasteiger charge is 2.18. The topological polar surface area (TPSA) is 37.3 Å². The van der Waals surface area contributed by atoms with Crippen LogP contribution in [0.5, 0.6) is 0 Å².